The van der Waals surface area contributed by atoms with E-state index < -0.39 is 5.82 Å². The number of hydrogen-bond acceptors (Lipinski definition) is 3. The number of nitrogens with two attached hydrogens (primary N) is 1. The number of H-pyrrole nitrogens is 1. The third-order valence-electron chi connectivity index (χ3n) is 2.99. The van der Waals surface area contributed by atoms with E-state index >= 15 is 0 Å². The number of benzene rings is 1. The molecule has 20 heavy (non-hydrogen) atoms. The number of aromatic amines is 1. The summed E-state index contributed by atoms with van der Waals surface area (Å²) in [6.45, 7) is 0. The smallest absolute Gasteiger partial charge is 0.153 e. The quantitative estimate of drug-likeness (QED) is 0.762. The zero-order valence-corrected chi connectivity index (χ0v) is 11.3. The second kappa shape index (κ2) is 4.64. The Kier molecular flexibility index (Phi) is 2.94. The van der Waals surface area contributed by atoms with Crippen LogP contribution in [0.2, 0.25) is 5.02 Å². The highest BCUT2D eigenvalue weighted by Crippen LogP contribution is 2.38. The molecular formula is C13H11ClFN5. The average Bonchev–Trinajstić information content (AvgIpc) is 2.96. The first-order valence-corrected chi connectivity index (χ1v) is 6.22. The van der Waals surface area contributed by atoms with Crippen LogP contribution in [0.25, 0.3) is 22.4 Å². The Morgan fingerprint density at radius 2 is 2.20 bits per heavy atom. The molecule has 2 aromatic heterocycles. The van der Waals surface area contributed by atoms with Gasteiger partial charge in [0.15, 0.2) is 5.82 Å². The second-order valence-electron chi connectivity index (χ2n) is 4.39. The van der Waals surface area contributed by atoms with E-state index in [1.807, 2.05) is 13.2 Å². The van der Waals surface area contributed by atoms with Crippen LogP contribution in [0.15, 0.2) is 30.6 Å². The molecule has 7 heteroatoms. The average molecular weight is 292 g/mol. The number of halogens is 2. The van der Waals surface area contributed by atoms with Crippen molar-refractivity contribution in [3.8, 4) is 22.4 Å². The van der Waals surface area contributed by atoms with E-state index in [9.17, 15) is 4.39 Å². The fraction of sp³-hybridized carbons (Fsp3) is 0.0769. The zero-order chi connectivity index (χ0) is 14.3. The van der Waals surface area contributed by atoms with Crippen LogP contribution in [-0.4, -0.2) is 20.0 Å². The minimum absolute atomic E-state index is 0.281. The fourth-order valence-electron chi connectivity index (χ4n) is 2.08. The number of nitrogens with zero attached hydrogens (tertiary/aromatic N) is 3. The Hall–Kier alpha value is -2.34. The molecule has 0 atom stereocenters. The maximum absolute atomic E-state index is 13.2. The van der Waals surface area contributed by atoms with Gasteiger partial charge in [-0.25, -0.2) is 4.39 Å². The van der Waals surface area contributed by atoms with Crippen molar-refractivity contribution in [1.29, 1.82) is 0 Å². The third-order valence-corrected chi connectivity index (χ3v) is 3.30. The lowest BCUT2D eigenvalue weighted by Crippen LogP contribution is -1.90. The molecule has 0 aliphatic rings. The summed E-state index contributed by atoms with van der Waals surface area (Å²) in [5.74, 6) is -0.0962. The Balaban J connectivity index is 2.21. The van der Waals surface area contributed by atoms with Crippen LogP contribution in [-0.2, 0) is 7.05 Å². The summed E-state index contributed by atoms with van der Waals surface area (Å²) in [5.41, 5.74) is 8.69. The van der Waals surface area contributed by atoms with E-state index in [0.717, 1.165) is 5.56 Å². The van der Waals surface area contributed by atoms with Gasteiger partial charge in [0.25, 0.3) is 0 Å². The minimum Gasteiger partial charge on any atom is -0.382 e. The highest BCUT2D eigenvalue weighted by atomic mass is 35.5. The number of hydrogen-bond donors (Lipinski definition) is 2. The highest BCUT2D eigenvalue weighted by molar-refractivity contribution is 6.33. The highest BCUT2D eigenvalue weighted by Gasteiger charge is 2.18. The van der Waals surface area contributed by atoms with Gasteiger partial charge in [0, 0.05) is 24.4 Å². The van der Waals surface area contributed by atoms with Crippen LogP contribution in [0.4, 0.5) is 10.2 Å². The lowest BCUT2D eigenvalue weighted by molar-refractivity contribution is 0.628. The van der Waals surface area contributed by atoms with Crippen molar-refractivity contribution in [2.75, 3.05) is 5.73 Å². The number of rotatable bonds is 2. The van der Waals surface area contributed by atoms with Crippen LogP contribution in [0.3, 0.4) is 0 Å². The summed E-state index contributed by atoms with van der Waals surface area (Å²) in [4.78, 5) is 0. The molecule has 3 rings (SSSR count). The number of aryl methyl sites for hydroxylation is 1. The molecule has 0 amide bonds. The predicted octanol–water partition coefficient (Wildman–Crippen LogP) is 2.85. The van der Waals surface area contributed by atoms with Gasteiger partial charge >= 0.3 is 0 Å². The summed E-state index contributed by atoms with van der Waals surface area (Å²) in [6, 6.07) is 4.16. The largest absolute Gasteiger partial charge is 0.382 e. The number of nitrogen functional groups attached to an aromatic ring is 1. The van der Waals surface area contributed by atoms with Crippen LogP contribution in [0.1, 0.15) is 0 Å². The molecule has 0 bridgehead atoms. The molecule has 0 spiro atoms. The van der Waals surface area contributed by atoms with Crippen LogP contribution in [0, 0.1) is 5.82 Å². The number of aromatic nitrogens is 4. The van der Waals surface area contributed by atoms with E-state index in [1.54, 1.807) is 16.9 Å². The molecule has 0 saturated carbocycles. The summed E-state index contributed by atoms with van der Waals surface area (Å²) >= 11 is 6.10. The summed E-state index contributed by atoms with van der Waals surface area (Å²) in [7, 11) is 1.81. The van der Waals surface area contributed by atoms with Crippen LogP contribution in [0.5, 0.6) is 0 Å². The number of anilines is 1. The molecule has 3 aromatic rings. The van der Waals surface area contributed by atoms with E-state index in [-0.39, 0.29) is 5.02 Å². The summed E-state index contributed by atoms with van der Waals surface area (Å²) in [6.07, 6.45) is 3.52. The topological polar surface area (TPSA) is 72.5 Å². The van der Waals surface area contributed by atoms with Crippen molar-refractivity contribution in [2.45, 2.75) is 0 Å². The van der Waals surface area contributed by atoms with Crippen molar-refractivity contribution in [1.82, 2.24) is 20.0 Å². The van der Waals surface area contributed by atoms with Crippen molar-refractivity contribution in [2.24, 2.45) is 7.05 Å². The van der Waals surface area contributed by atoms with Crippen LogP contribution < -0.4 is 5.73 Å². The summed E-state index contributed by atoms with van der Waals surface area (Å²) in [5, 5.41) is 11.3. The van der Waals surface area contributed by atoms with Gasteiger partial charge < -0.3 is 5.73 Å². The Labute approximate surface area is 119 Å². The Morgan fingerprint density at radius 1 is 1.40 bits per heavy atom. The monoisotopic (exact) mass is 291 g/mol. The van der Waals surface area contributed by atoms with E-state index in [2.05, 4.69) is 15.3 Å². The molecular weight excluding hydrogens is 281 g/mol. The molecule has 3 N–H and O–H groups in total. The minimum atomic E-state index is -0.399. The molecule has 1 aromatic carbocycles. The standard InChI is InChI=1S/C13H11ClFN5/c1-20-6-7(5-17-20)12-11(13(16)19-18-12)9-3-2-8(15)4-10(9)14/h2-6H,1H3,(H3,16,18,19). The zero-order valence-electron chi connectivity index (χ0n) is 10.6. The molecule has 102 valence electrons. The maximum Gasteiger partial charge on any atom is 0.153 e. The van der Waals surface area contributed by atoms with Crippen molar-refractivity contribution >= 4 is 17.4 Å². The van der Waals surface area contributed by atoms with Crippen molar-refractivity contribution < 1.29 is 4.39 Å². The van der Waals surface area contributed by atoms with Gasteiger partial charge in [0.2, 0.25) is 0 Å². The van der Waals surface area contributed by atoms with Gasteiger partial charge in [-0.05, 0) is 18.2 Å². The molecule has 0 saturated heterocycles. The SMILES string of the molecule is Cn1cc(-c2[nH]nc(N)c2-c2ccc(F)cc2Cl)cn1. The predicted molar refractivity (Wildman–Crippen MR) is 75.6 cm³/mol. The first kappa shape index (κ1) is 12.7. The van der Waals surface area contributed by atoms with Gasteiger partial charge in [-0.15, -0.1) is 0 Å². The lowest BCUT2D eigenvalue weighted by Gasteiger charge is -2.05. The number of nitrogens with one attached hydrogen (secondary N) is 1. The second-order valence-corrected chi connectivity index (χ2v) is 4.79. The first-order chi connectivity index (χ1) is 9.56. The first-order valence-electron chi connectivity index (χ1n) is 5.84. The molecule has 0 unspecified atom stereocenters. The van der Waals surface area contributed by atoms with E-state index in [4.69, 9.17) is 17.3 Å². The van der Waals surface area contributed by atoms with Gasteiger partial charge in [-0.2, -0.15) is 10.2 Å². The van der Waals surface area contributed by atoms with Crippen molar-refractivity contribution in [3.05, 3.63) is 41.4 Å². The maximum atomic E-state index is 13.2. The van der Waals surface area contributed by atoms with Gasteiger partial charge in [0.1, 0.15) is 5.82 Å². The molecule has 0 aliphatic carbocycles. The van der Waals surface area contributed by atoms with Crippen molar-refractivity contribution in [3.63, 3.8) is 0 Å². The Morgan fingerprint density at radius 3 is 2.85 bits per heavy atom. The molecule has 0 radical (unpaired) electrons. The van der Waals surface area contributed by atoms with Gasteiger partial charge in [-0.3, -0.25) is 9.78 Å². The van der Waals surface area contributed by atoms with Crippen LogP contribution >= 0.6 is 11.6 Å². The normalized spacial score (nSPS) is 10.9. The molecule has 0 fully saturated rings. The molecule has 2 heterocycles. The van der Waals surface area contributed by atoms with E-state index in [1.165, 1.54) is 12.1 Å². The molecule has 5 nitrogen and oxygen atoms in total. The lowest BCUT2D eigenvalue weighted by atomic mass is 10.0. The Bertz CT molecular complexity index is 777. The third kappa shape index (κ3) is 2.04. The van der Waals surface area contributed by atoms with E-state index in [0.29, 0.717) is 22.6 Å². The molecule has 0 aliphatic heterocycles. The van der Waals surface area contributed by atoms with Gasteiger partial charge in [0.05, 0.1) is 22.5 Å². The summed E-state index contributed by atoms with van der Waals surface area (Å²) < 4.78 is 14.8. The van der Waals surface area contributed by atoms with Gasteiger partial charge in [-0.1, -0.05) is 11.6 Å². The fourth-order valence-corrected chi connectivity index (χ4v) is 2.34.